The number of rotatable bonds is 10. The van der Waals surface area contributed by atoms with Gasteiger partial charge in [0.2, 0.25) is 0 Å². The Bertz CT molecular complexity index is 629. The van der Waals surface area contributed by atoms with E-state index in [-0.39, 0.29) is 29.9 Å². The van der Waals surface area contributed by atoms with Gasteiger partial charge in [0, 0.05) is 45.8 Å². The van der Waals surface area contributed by atoms with Crippen LogP contribution in [0.3, 0.4) is 0 Å². The normalized spacial score (nSPS) is 12.5. The molecule has 0 saturated heterocycles. The van der Waals surface area contributed by atoms with E-state index >= 15 is 0 Å². The van der Waals surface area contributed by atoms with Crippen LogP contribution < -0.4 is 10.6 Å². The van der Waals surface area contributed by atoms with Crippen LogP contribution in [0.5, 0.6) is 0 Å². The van der Waals surface area contributed by atoms with Crippen molar-refractivity contribution in [2.45, 2.75) is 39.2 Å². The van der Waals surface area contributed by atoms with Crippen molar-refractivity contribution in [3.8, 4) is 0 Å². The second-order valence-electron chi connectivity index (χ2n) is 7.64. The standard InChI is InChI=1S/C22H39N5O.HI/c1-8-18(9-2)20(26(4)5)16-25-22(23-3)24-14-13-17-11-10-12-19(15-17)21(28)27(6)7;/h10-12,15,18,20H,8-9,13-14,16H2,1-7H3,(H2,23,24,25);1H. The number of guanidine groups is 1. The minimum atomic E-state index is 0. The van der Waals surface area contributed by atoms with Gasteiger partial charge in [-0.25, -0.2) is 0 Å². The quantitative estimate of drug-likeness (QED) is 0.285. The van der Waals surface area contributed by atoms with Crippen molar-refractivity contribution >= 4 is 35.8 Å². The number of carbonyl (C=O) groups excluding carboxylic acids is 1. The van der Waals surface area contributed by atoms with Crippen molar-refractivity contribution < 1.29 is 4.79 Å². The third-order valence-electron chi connectivity index (χ3n) is 5.24. The summed E-state index contributed by atoms with van der Waals surface area (Å²) in [4.78, 5) is 20.4. The van der Waals surface area contributed by atoms with E-state index in [0.717, 1.165) is 36.6 Å². The number of amides is 1. The molecule has 1 amide bonds. The van der Waals surface area contributed by atoms with Crippen molar-refractivity contribution in [3.63, 3.8) is 0 Å². The molecule has 0 aromatic heterocycles. The molecule has 0 aliphatic heterocycles. The number of hydrogen-bond donors (Lipinski definition) is 2. The van der Waals surface area contributed by atoms with Gasteiger partial charge in [-0.3, -0.25) is 9.79 Å². The van der Waals surface area contributed by atoms with Crippen LogP contribution in [-0.2, 0) is 6.42 Å². The van der Waals surface area contributed by atoms with Gasteiger partial charge in [0.1, 0.15) is 0 Å². The fraction of sp³-hybridized carbons (Fsp3) is 0.636. The fourth-order valence-electron chi connectivity index (χ4n) is 3.47. The molecule has 1 rings (SSSR count). The lowest BCUT2D eigenvalue weighted by atomic mass is 9.93. The van der Waals surface area contributed by atoms with Gasteiger partial charge in [-0.1, -0.05) is 38.8 Å². The first-order chi connectivity index (χ1) is 13.3. The predicted molar refractivity (Wildman–Crippen MR) is 134 cm³/mol. The molecule has 29 heavy (non-hydrogen) atoms. The molecule has 0 bridgehead atoms. The highest BCUT2D eigenvalue weighted by atomic mass is 127. The highest BCUT2D eigenvalue weighted by molar-refractivity contribution is 14.0. The number of nitrogens with zero attached hydrogens (tertiary/aromatic N) is 3. The van der Waals surface area contributed by atoms with E-state index in [2.05, 4.69) is 54.5 Å². The molecule has 2 N–H and O–H groups in total. The molecular formula is C22H40IN5O. The maximum absolute atomic E-state index is 12.1. The number of benzene rings is 1. The molecule has 6 nitrogen and oxygen atoms in total. The van der Waals surface area contributed by atoms with Gasteiger partial charge in [-0.15, -0.1) is 24.0 Å². The largest absolute Gasteiger partial charge is 0.356 e. The molecule has 1 atom stereocenters. The predicted octanol–water partition coefficient (Wildman–Crippen LogP) is 3.08. The summed E-state index contributed by atoms with van der Waals surface area (Å²) in [6, 6.07) is 8.30. The maximum atomic E-state index is 12.1. The van der Waals surface area contributed by atoms with Gasteiger partial charge in [0.25, 0.3) is 5.91 Å². The Labute approximate surface area is 194 Å². The summed E-state index contributed by atoms with van der Waals surface area (Å²) in [5.41, 5.74) is 1.86. The molecule has 0 heterocycles. The molecule has 0 aliphatic rings. The van der Waals surface area contributed by atoms with Crippen LogP contribution in [0.4, 0.5) is 0 Å². The lowest BCUT2D eigenvalue weighted by Crippen LogP contribution is -2.48. The summed E-state index contributed by atoms with van der Waals surface area (Å²) in [7, 11) is 9.63. The van der Waals surface area contributed by atoms with Gasteiger partial charge < -0.3 is 20.4 Å². The van der Waals surface area contributed by atoms with Crippen LogP contribution in [-0.4, -0.2) is 76.0 Å². The van der Waals surface area contributed by atoms with E-state index in [1.54, 1.807) is 26.0 Å². The van der Waals surface area contributed by atoms with Crippen LogP contribution in [0.2, 0.25) is 0 Å². The van der Waals surface area contributed by atoms with Crippen LogP contribution in [0.1, 0.15) is 42.6 Å². The number of likely N-dealkylation sites (N-methyl/N-ethyl adjacent to an activating group) is 1. The zero-order chi connectivity index (χ0) is 21.1. The first-order valence-corrected chi connectivity index (χ1v) is 10.2. The van der Waals surface area contributed by atoms with E-state index in [0.29, 0.717) is 12.0 Å². The molecule has 7 heteroatoms. The Balaban J connectivity index is 0.00000784. The minimum Gasteiger partial charge on any atom is -0.356 e. The maximum Gasteiger partial charge on any atom is 0.253 e. The smallest absolute Gasteiger partial charge is 0.253 e. The van der Waals surface area contributed by atoms with Crippen molar-refractivity contribution in [2.75, 3.05) is 48.3 Å². The van der Waals surface area contributed by atoms with E-state index in [4.69, 9.17) is 0 Å². The van der Waals surface area contributed by atoms with E-state index in [9.17, 15) is 4.79 Å². The van der Waals surface area contributed by atoms with Gasteiger partial charge in [-0.2, -0.15) is 0 Å². The Morgan fingerprint density at radius 2 is 1.76 bits per heavy atom. The SMILES string of the molecule is CCC(CC)C(CNC(=NC)NCCc1cccc(C(=O)N(C)C)c1)N(C)C.I. The molecule has 1 aromatic rings. The first-order valence-electron chi connectivity index (χ1n) is 10.2. The average molecular weight is 518 g/mol. The van der Waals surface area contributed by atoms with Crippen molar-refractivity contribution in [2.24, 2.45) is 10.9 Å². The highest BCUT2D eigenvalue weighted by Gasteiger charge is 2.20. The number of halogens is 1. The number of nitrogens with one attached hydrogen (secondary N) is 2. The van der Waals surface area contributed by atoms with Crippen LogP contribution in [0.15, 0.2) is 29.3 Å². The second kappa shape index (κ2) is 14.6. The van der Waals surface area contributed by atoms with E-state index in [1.807, 2.05) is 18.2 Å². The summed E-state index contributed by atoms with van der Waals surface area (Å²) in [5, 5.41) is 6.85. The molecule has 0 spiro atoms. The molecule has 166 valence electrons. The zero-order valence-corrected chi connectivity index (χ0v) is 21.5. The lowest BCUT2D eigenvalue weighted by Gasteiger charge is -2.32. The average Bonchev–Trinajstić information content (AvgIpc) is 2.68. The van der Waals surface area contributed by atoms with Gasteiger partial charge >= 0.3 is 0 Å². The molecule has 1 aromatic carbocycles. The summed E-state index contributed by atoms with van der Waals surface area (Å²) < 4.78 is 0. The molecule has 0 fully saturated rings. The molecular weight excluding hydrogens is 477 g/mol. The van der Waals surface area contributed by atoms with E-state index < -0.39 is 0 Å². The van der Waals surface area contributed by atoms with Crippen molar-refractivity contribution in [1.29, 1.82) is 0 Å². The van der Waals surface area contributed by atoms with Crippen LogP contribution in [0.25, 0.3) is 0 Å². The topological polar surface area (TPSA) is 60.0 Å². The third-order valence-corrected chi connectivity index (χ3v) is 5.24. The number of carbonyl (C=O) groups is 1. The molecule has 1 unspecified atom stereocenters. The van der Waals surface area contributed by atoms with Gasteiger partial charge in [-0.05, 0) is 44.1 Å². The second-order valence-corrected chi connectivity index (χ2v) is 7.64. The highest BCUT2D eigenvalue weighted by Crippen LogP contribution is 2.16. The monoisotopic (exact) mass is 517 g/mol. The van der Waals surface area contributed by atoms with Gasteiger partial charge in [0.15, 0.2) is 5.96 Å². The molecule has 0 aliphatic carbocycles. The van der Waals surface area contributed by atoms with Crippen LogP contribution >= 0.6 is 24.0 Å². The minimum absolute atomic E-state index is 0. The first kappa shape index (κ1) is 27.6. The zero-order valence-electron chi connectivity index (χ0n) is 19.2. The van der Waals surface area contributed by atoms with Crippen molar-refractivity contribution in [3.05, 3.63) is 35.4 Å². The Hall–Kier alpha value is -1.35. The van der Waals surface area contributed by atoms with Crippen molar-refractivity contribution in [1.82, 2.24) is 20.4 Å². The molecule has 0 saturated carbocycles. The summed E-state index contributed by atoms with van der Waals surface area (Å²) in [6.07, 6.45) is 3.18. The third kappa shape index (κ3) is 9.33. The lowest BCUT2D eigenvalue weighted by molar-refractivity contribution is 0.0827. The summed E-state index contributed by atoms with van der Waals surface area (Å²) in [5.74, 6) is 1.51. The Morgan fingerprint density at radius 3 is 2.28 bits per heavy atom. The Kier molecular flexibility index (Phi) is 13.9. The van der Waals surface area contributed by atoms with Gasteiger partial charge in [0.05, 0.1) is 0 Å². The summed E-state index contributed by atoms with van der Waals surface area (Å²) >= 11 is 0. The number of aliphatic imine (C=N–C) groups is 1. The fourth-order valence-corrected chi connectivity index (χ4v) is 3.47. The molecule has 0 radical (unpaired) electrons. The number of hydrogen-bond acceptors (Lipinski definition) is 3. The summed E-state index contributed by atoms with van der Waals surface area (Å²) in [6.45, 7) is 6.14. The van der Waals surface area contributed by atoms with E-state index in [1.165, 1.54) is 12.8 Å². The van der Waals surface area contributed by atoms with Crippen LogP contribution in [0, 0.1) is 5.92 Å². The Morgan fingerprint density at radius 1 is 1.10 bits per heavy atom.